The standard InChI is InChI=1S/C37H50N8O6S2/c1-17(2)28(42-36(48)50-8)34(46)44-12-10-11-22(44)32-38-20(6)30(40-32)26-14-24-25(52-26)15-27(53-24)31-21(7)39-33(41-31)23-13-19(5)16-45(23)35(47)29(18(3)4)43-37(49)51-9/h14-15,17-19,22-23,28-29H,10-13,16H2,1-9H3,(H,38,40)(H,39,41)(H,42,48)(H,43,49)/t19-,22-,23-,28-,29-/m0/s1. The molecule has 4 aromatic heterocycles. The van der Waals surface area contributed by atoms with Gasteiger partial charge in [-0.1, -0.05) is 34.6 Å². The Bertz CT molecular complexity index is 1960. The zero-order chi connectivity index (χ0) is 38.3. The molecule has 0 aliphatic carbocycles. The number of methoxy groups -OCH3 is 2. The maximum Gasteiger partial charge on any atom is 0.407 e. The molecule has 6 heterocycles. The number of nitrogens with zero attached hydrogens (tertiary/aromatic N) is 4. The third-order valence-electron chi connectivity index (χ3n) is 10.2. The SMILES string of the molecule is COC(=O)N[C@H](C(=O)N1CCC[C@H]1c1nc(-c2cc3sc(-c4nc([C@@H]5C[C@H](C)CN5C(=O)[C@@H](NC(=O)OC)C(C)C)[nH]c4C)cc3s2)c(C)[nH]1)C(C)C. The number of aromatic nitrogens is 4. The molecule has 2 aliphatic rings. The molecule has 14 nitrogen and oxygen atoms in total. The van der Waals surface area contributed by atoms with Gasteiger partial charge in [-0.3, -0.25) is 9.59 Å². The Morgan fingerprint density at radius 2 is 1.26 bits per heavy atom. The van der Waals surface area contributed by atoms with Crippen LogP contribution in [0.4, 0.5) is 9.59 Å². The van der Waals surface area contributed by atoms with Crippen LogP contribution >= 0.6 is 22.7 Å². The summed E-state index contributed by atoms with van der Waals surface area (Å²) in [4.78, 5) is 74.3. The second-order valence-corrected chi connectivity index (χ2v) is 17.1. The number of hydrogen-bond acceptors (Lipinski definition) is 10. The van der Waals surface area contributed by atoms with Gasteiger partial charge in [-0.25, -0.2) is 19.6 Å². The highest BCUT2D eigenvalue weighted by atomic mass is 32.1. The van der Waals surface area contributed by atoms with Crippen LogP contribution in [0.3, 0.4) is 0 Å². The van der Waals surface area contributed by atoms with Gasteiger partial charge >= 0.3 is 12.2 Å². The van der Waals surface area contributed by atoms with Crippen LogP contribution in [-0.2, 0) is 19.1 Å². The average Bonchev–Trinajstić information content (AvgIpc) is 3.96. The van der Waals surface area contributed by atoms with Crippen LogP contribution < -0.4 is 10.6 Å². The van der Waals surface area contributed by atoms with Crippen molar-refractivity contribution in [3.8, 4) is 21.1 Å². The van der Waals surface area contributed by atoms with Crippen LogP contribution in [0.2, 0.25) is 0 Å². The summed E-state index contributed by atoms with van der Waals surface area (Å²) in [7, 11) is 2.59. The molecular weight excluding hydrogens is 717 g/mol. The Morgan fingerprint density at radius 3 is 1.74 bits per heavy atom. The van der Waals surface area contributed by atoms with Crippen LogP contribution in [0.15, 0.2) is 12.1 Å². The number of H-pyrrole nitrogens is 2. The van der Waals surface area contributed by atoms with Gasteiger partial charge in [-0.05, 0) is 63.0 Å². The fraction of sp³-hybridized carbons (Fsp3) is 0.568. The molecule has 16 heteroatoms. The summed E-state index contributed by atoms with van der Waals surface area (Å²) < 4.78 is 11.8. The quantitative estimate of drug-likeness (QED) is 0.138. The van der Waals surface area contributed by atoms with E-state index in [2.05, 4.69) is 39.7 Å². The number of rotatable bonds is 10. The van der Waals surface area contributed by atoms with E-state index in [9.17, 15) is 19.2 Å². The van der Waals surface area contributed by atoms with E-state index in [1.807, 2.05) is 51.3 Å². The topological polar surface area (TPSA) is 175 Å². The molecule has 0 unspecified atom stereocenters. The average molecular weight is 767 g/mol. The molecule has 0 spiro atoms. The van der Waals surface area contributed by atoms with Gasteiger partial charge in [0.2, 0.25) is 11.8 Å². The van der Waals surface area contributed by atoms with E-state index in [1.54, 1.807) is 22.7 Å². The molecule has 0 radical (unpaired) electrons. The number of carbonyl (C=O) groups excluding carboxylic acids is 4. The normalized spacial score (nSPS) is 20.0. The number of nitrogens with one attached hydrogen (secondary N) is 4. The summed E-state index contributed by atoms with van der Waals surface area (Å²) in [6.45, 7) is 14.9. The zero-order valence-electron chi connectivity index (χ0n) is 31.8. The predicted octanol–water partition coefficient (Wildman–Crippen LogP) is 6.69. The molecule has 4 N–H and O–H groups in total. The van der Waals surface area contributed by atoms with E-state index in [4.69, 9.17) is 19.4 Å². The van der Waals surface area contributed by atoms with Crippen molar-refractivity contribution in [2.24, 2.45) is 17.8 Å². The molecule has 5 atom stereocenters. The molecule has 6 rings (SSSR count). The van der Waals surface area contributed by atoms with Gasteiger partial charge in [0.1, 0.15) is 35.1 Å². The number of likely N-dealkylation sites (tertiary alicyclic amines) is 2. The van der Waals surface area contributed by atoms with Gasteiger partial charge in [0.05, 0.1) is 36.1 Å². The molecule has 0 aromatic carbocycles. The first-order valence-corrected chi connectivity index (χ1v) is 19.8. The van der Waals surface area contributed by atoms with E-state index in [0.717, 1.165) is 72.8 Å². The first kappa shape index (κ1) is 38.3. The number of aromatic amines is 2. The Labute approximate surface area is 317 Å². The van der Waals surface area contributed by atoms with E-state index < -0.39 is 24.3 Å². The Morgan fingerprint density at radius 1 is 0.792 bits per heavy atom. The second kappa shape index (κ2) is 15.5. The largest absolute Gasteiger partial charge is 0.453 e. The van der Waals surface area contributed by atoms with Crippen molar-refractivity contribution >= 4 is 56.1 Å². The zero-order valence-corrected chi connectivity index (χ0v) is 33.4. The highest BCUT2D eigenvalue weighted by Gasteiger charge is 2.41. The summed E-state index contributed by atoms with van der Waals surface area (Å²) in [6.07, 6.45) is 1.15. The highest BCUT2D eigenvalue weighted by Crippen LogP contribution is 2.44. The van der Waals surface area contributed by atoms with Crippen molar-refractivity contribution in [3.05, 3.63) is 35.2 Å². The fourth-order valence-electron chi connectivity index (χ4n) is 7.45. The maximum atomic E-state index is 13.8. The lowest BCUT2D eigenvalue weighted by Crippen LogP contribution is -2.51. The van der Waals surface area contributed by atoms with Gasteiger partial charge in [0.25, 0.3) is 0 Å². The number of alkyl carbamates (subject to hydrolysis) is 2. The van der Waals surface area contributed by atoms with Crippen LogP contribution in [-0.4, -0.2) is 93.1 Å². The first-order chi connectivity index (χ1) is 25.2. The van der Waals surface area contributed by atoms with Crippen LogP contribution in [0, 0.1) is 31.6 Å². The van der Waals surface area contributed by atoms with Gasteiger partial charge in [-0.2, -0.15) is 0 Å². The smallest absolute Gasteiger partial charge is 0.407 e. The lowest BCUT2D eigenvalue weighted by Gasteiger charge is -2.30. The molecule has 4 aromatic rings. The Hall–Kier alpha value is -4.44. The number of amides is 4. The van der Waals surface area contributed by atoms with Gasteiger partial charge in [-0.15, -0.1) is 22.7 Å². The number of carbonyl (C=O) groups is 4. The lowest BCUT2D eigenvalue weighted by molar-refractivity contribution is -0.136. The van der Waals surface area contributed by atoms with Crippen LogP contribution in [0.25, 0.3) is 30.5 Å². The summed E-state index contributed by atoms with van der Waals surface area (Å²) in [5.74, 6) is 1.26. The number of thiophene rings is 2. The van der Waals surface area contributed by atoms with E-state index in [0.29, 0.717) is 13.1 Å². The number of imidazole rings is 2. The predicted molar refractivity (Wildman–Crippen MR) is 205 cm³/mol. The van der Waals surface area contributed by atoms with Crippen molar-refractivity contribution in [2.75, 3.05) is 27.3 Å². The van der Waals surface area contributed by atoms with Crippen molar-refractivity contribution in [1.82, 2.24) is 40.4 Å². The van der Waals surface area contributed by atoms with Gasteiger partial charge in [0, 0.05) is 33.9 Å². The van der Waals surface area contributed by atoms with Crippen molar-refractivity contribution in [1.29, 1.82) is 0 Å². The van der Waals surface area contributed by atoms with Crippen molar-refractivity contribution in [3.63, 3.8) is 0 Å². The molecule has 2 saturated heterocycles. The Kier molecular flexibility index (Phi) is 11.2. The maximum absolute atomic E-state index is 13.8. The molecule has 4 amide bonds. The van der Waals surface area contributed by atoms with Crippen molar-refractivity contribution in [2.45, 2.75) is 91.9 Å². The first-order valence-electron chi connectivity index (χ1n) is 18.2. The molecular formula is C37H50N8O6S2. The number of aryl methyl sites for hydroxylation is 2. The number of hydrogen-bond donors (Lipinski definition) is 4. The van der Waals surface area contributed by atoms with Gasteiger partial charge < -0.3 is 39.9 Å². The minimum Gasteiger partial charge on any atom is -0.453 e. The van der Waals surface area contributed by atoms with Crippen molar-refractivity contribution < 1.29 is 28.7 Å². The lowest BCUT2D eigenvalue weighted by atomic mass is 10.0. The van der Waals surface area contributed by atoms with Gasteiger partial charge in [0.15, 0.2) is 0 Å². The minimum atomic E-state index is -0.703. The molecule has 0 bridgehead atoms. The molecule has 53 heavy (non-hydrogen) atoms. The monoisotopic (exact) mass is 766 g/mol. The van der Waals surface area contributed by atoms with Crippen LogP contribution in [0.1, 0.15) is 89.0 Å². The molecule has 2 fully saturated rings. The fourth-order valence-corrected chi connectivity index (χ4v) is 9.94. The summed E-state index contributed by atoms with van der Waals surface area (Å²) in [5, 5.41) is 5.43. The second-order valence-electron chi connectivity index (χ2n) is 14.9. The number of ether oxygens (including phenoxy) is 2. The van der Waals surface area contributed by atoms with Crippen LogP contribution in [0.5, 0.6) is 0 Å². The Balaban J connectivity index is 1.21. The van der Waals surface area contributed by atoms with E-state index in [-0.39, 0.29) is 41.7 Å². The summed E-state index contributed by atoms with van der Waals surface area (Å²) >= 11 is 3.33. The molecule has 0 saturated carbocycles. The van der Waals surface area contributed by atoms with E-state index in [1.165, 1.54) is 14.2 Å². The number of fused-ring (bicyclic) bond motifs is 1. The summed E-state index contributed by atoms with van der Waals surface area (Å²) in [5.41, 5.74) is 3.59. The highest BCUT2D eigenvalue weighted by molar-refractivity contribution is 7.31. The summed E-state index contributed by atoms with van der Waals surface area (Å²) in [6, 6.07) is 2.48. The third kappa shape index (κ3) is 7.66. The minimum absolute atomic E-state index is 0.109. The third-order valence-corrected chi connectivity index (χ3v) is 12.5. The van der Waals surface area contributed by atoms with E-state index >= 15 is 0 Å². The molecule has 286 valence electrons. The molecule has 2 aliphatic heterocycles.